The lowest BCUT2D eigenvalue weighted by atomic mass is 10.2. The molecular formula is C31H31N7O4. The lowest BCUT2D eigenvalue weighted by Crippen LogP contribution is -2.38. The summed E-state index contributed by atoms with van der Waals surface area (Å²) in [7, 11) is 1.58. The van der Waals surface area contributed by atoms with Crippen LogP contribution >= 0.6 is 0 Å². The van der Waals surface area contributed by atoms with E-state index in [1.54, 1.807) is 61.7 Å². The van der Waals surface area contributed by atoms with Crippen LogP contribution in [0.25, 0.3) is 22.5 Å². The smallest absolute Gasteiger partial charge is 0.339 e. The summed E-state index contributed by atoms with van der Waals surface area (Å²) in [4.78, 5) is 34.9. The first-order chi connectivity index (χ1) is 20.3. The fourth-order valence-electron chi connectivity index (χ4n) is 4.66. The standard InChI is InChI=1S/C31H31N7O4/c1-3-18-38(2,41)19-8-13-27(39)35-22-9-7-10-24(20-22)37-30-28(29(32)33-21-34-30)36(31(37)40)23-14-16-26(17-15-23)42-25-11-5-4-6-12-25/h4-17,20-21H,3,18-19H2,1-2H3,(H,35,39)(H2,32,33,34)/b13-8+. The Balaban J connectivity index is 1.45. The van der Waals surface area contributed by atoms with Crippen LogP contribution in [0.4, 0.5) is 11.5 Å². The number of carbonyl (C=O) groups excluding carboxylic acids is 1. The second-order valence-electron chi connectivity index (χ2n) is 9.94. The van der Waals surface area contributed by atoms with Gasteiger partial charge in [-0.25, -0.2) is 19.3 Å². The highest BCUT2D eigenvalue weighted by molar-refractivity contribution is 5.99. The molecule has 11 nitrogen and oxygen atoms in total. The molecule has 2 heterocycles. The lowest BCUT2D eigenvalue weighted by Gasteiger charge is -2.37. The minimum Gasteiger partial charge on any atom is -0.633 e. The molecule has 1 atom stereocenters. The molecule has 1 amide bonds. The summed E-state index contributed by atoms with van der Waals surface area (Å²) in [6.45, 7) is 2.60. The molecule has 3 aromatic carbocycles. The number of amides is 1. The van der Waals surface area contributed by atoms with Gasteiger partial charge in [-0.2, -0.15) is 0 Å². The van der Waals surface area contributed by atoms with E-state index in [2.05, 4.69) is 15.3 Å². The molecule has 2 aromatic heterocycles. The third-order valence-electron chi connectivity index (χ3n) is 6.55. The van der Waals surface area contributed by atoms with E-state index in [0.29, 0.717) is 46.3 Å². The number of nitrogens with two attached hydrogens (primary N) is 1. The zero-order valence-corrected chi connectivity index (χ0v) is 23.3. The van der Waals surface area contributed by atoms with Crippen LogP contribution in [0.5, 0.6) is 11.5 Å². The average molecular weight is 566 g/mol. The van der Waals surface area contributed by atoms with Gasteiger partial charge in [-0.3, -0.25) is 9.36 Å². The Kier molecular flexibility index (Phi) is 8.14. The molecular weight excluding hydrogens is 534 g/mol. The number of ether oxygens (including phenoxy) is 1. The molecule has 0 saturated carbocycles. The molecule has 5 aromatic rings. The summed E-state index contributed by atoms with van der Waals surface area (Å²) in [5.41, 5.74) is 7.97. The highest BCUT2D eigenvalue weighted by atomic mass is 16.5. The zero-order chi connectivity index (χ0) is 29.7. The maximum atomic E-state index is 13.9. The number of nitrogens with zero attached hydrogens (tertiary/aromatic N) is 5. The molecule has 0 bridgehead atoms. The van der Waals surface area contributed by atoms with Crippen LogP contribution in [0.2, 0.25) is 0 Å². The Morgan fingerprint density at radius 3 is 2.48 bits per heavy atom. The van der Waals surface area contributed by atoms with Crippen LogP contribution in [-0.4, -0.2) is 49.8 Å². The van der Waals surface area contributed by atoms with Crippen molar-refractivity contribution in [3.05, 3.63) is 113 Å². The zero-order valence-electron chi connectivity index (χ0n) is 23.3. The number of rotatable bonds is 10. The topological polar surface area (TPSA) is 140 Å². The van der Waals surface area contributed by atoms with Crippen LogP contribution in [0, 0.1) is 5.21 Å². The number of fused-ring (bicyclic) bond motifs is 1. The van der Waals surface area contributed by atoms with Gasteiger partial charge in [0.1, 0.15) is 23.3 Å². The molecule has 3 N–H and O–H groups in total. The van der Waals surface area contributed by atoms with Crippen molar-refractivity contribution in [1.82, 2.24) is 19.1 Å². The minimum absolute atomic E-state index is 0.141. The Labute approximate surface area is 242 Å². The number of hydroxylamine groups is 3. The van der Waals surface area contributed by atoms with Gasteiger partial charge in [0, 0.05) is 11.8 Å². The number of benzene rings is 3. The maximum Gasteiger partial charge on any atom is 0.339 e. The summed E-state index contributed by atoms with van der Waals surface area (Å²) in [5.74, 6) is 1.05. The fraction of sp³-hybridized carbons (Fsp3) is 0.161. The number of carbonyl (C=O) groups is 1. The number of anilines is 2. The monoisotopic (exact) mass is 565 g/mol. The van der Waals surface area contributed by atoms with E-state index in [4.69, 9.17) is 10.5 Å². The van der Waals surface area contributed by atoms with Crippen molar-refractivity contribution in [2.45, 2.75) is 13.3 Å². The third kappa shape index (κ3) is 6.22. The van der Waals surface area contributed by atoms with Crippen LogP contribution in [0.15, 0.2) is 102 Å². The Morgan fingerprint density at radius 2 is 1.74 bits per heavy atom. The number of aromatic nitrogens is 4. The molecule has 42 heavy (non-hydrogen) atoms. The average Bonchev–Trinajstić information content (AvgIpc) is 3.27. The van der Waals surface area contributed by atoms with Crippen LogP contribution in [0.1, 0.15) is 13.3 Å². The molecule has 5 rings (SSSR count). The van der Waals surface area contributed by atoms with Gasteiger partial charge in [0.25, 0.3) is 0 Å². The highest BCUT2D eigenvalue weighted by Gasteiger charge is 2.20. The van der Waals surface area contributed by atoms with Gasteiger partial charge in [-0.1, -0.05) is 31.2 Å². The molecule has 214 valence electrons. The summed E-state index contributed by atoms with van der Waals surface area (Å²) in [6.07, 6.45) is 4.96. The molecule has 0 aliphatic heterocycles. The van der Waals surface area contributed by atoms with E-state index in [-0.39, 0.29) is 18.3 Å². The second-order valence-corrected chi connectivity index (χ2v) is 9.94. The number of quaternary nitrogens is 1. The number of nitrogens with one attached hydrogen (secondary N) is 1. The Morgan fingerprint density at radius 1 is 1.00 bits per heavy atom. The van der Waals surface area contributed by atoms with Gasteiger partial charge in [0.15, 0.2) is 11.5 Å². The van der Waals surface area contributed by atoms with Crippen molar-refractivity contribution < 1.29 is 14.2 Å². The van der Waals surface area contributed by atoms with Crippen molar-refractivity contribution in [2.24, 2.45) is 0 Å². The molecule has 0 aliphatic carbocycles. The van der Waals surface area contributed by atoms with Crippen molar-refractivity contribution in [1.29, 1.82) is 0 Å². The molecule has 0 radical (unpaired) electrons. The number of imidazole rings is 1. The Hall–Kier alpha value is -5.26. The van der Waals surface area contributed by atoms with Crippen LogP contribution in [0.3, 0.4) is 0 Å². The first-order valence-electron chi connectivity index (χ1n) is 13.5. The fourth-order valence-corrected chi connectivity index (χ4v) is 4.66. The number of hydrogen-bond acceptors (Lipinski definition) is 7. The number of likely N-dealkylation sites (N-methyl/N-ethyl adjacent to an activating group) is 1. The summed E-state index contributed by atoms with van der Waals surface area (Å²) < 4.78 is 8.30. The predicted octanol–water partition coefficient (Wildman–Crippen LogP) is 4.80. The molecule has 0 fully saturated rings. The molecule has 0 spiro atoms. The first-order valence-corrected chi connectivity index (χ1v) is 13.5. The molecule has 0 aliphatic rings. The molecule has 1 unspecified atom stereocenters. The number of hydrogen-bond donors (Lipinski definition) is 2. The van der Waals surface area contributed by atoms with E-state index >= 15 is 0 Å². The molecule has 11 heteroatoms. The summed E-state index contributed by atoms with van der Waals surface area (Å²) in [5, 5.41) is 15.1. The van der Waals surface area contributed by atoms with E-state index in [9.17, 15) is 14.8 Å². The number of para-hydroxylation sites is 1. The van der Waals surface area contributed by atoms with Gasteiger partial charge in [0.05, 0.1) is 31.5 Å². The van der Waals surface area contributed by atoms with Crippen molar-refractivity contribution in [3.63, 3.8) is 0 Å². The van der Waals surface area contributed by atoms with Crippen molar-refractivity contribution in [2.75, 3.05) is 31.2 Å². The maximum absolute atomic E-state index is 13.9. The Bertz CT molecular complexity index is 1790. The summed E-state index contributed by atoms with van der Waals surface area (Å²) in [6, 6.07) is 23.2. The van der Waals surface area contributed by atoms with E-state index < -0.39 is 10.3 Å². The van der Waals surface area contributed by atoms with E-state index in [1.807, 2.05) is 37.3 Å². The normalized spacial score (nSPS) is 12.8. The minimum atomic E-state index is -0.448. The molecule has 0 saturated heterocycles. The van der Waals surface area contributed by atoms with E-state index in [0.717, 1.165) is 6.42 Å². The van der Waals surface area contributed by atoms with Crippen molar-refractivity contribution >= 4 is 28.6 Å². The van der Waals surface area contributed by atoms with Gasteiger partial charge in [-0.05, 0) is 67.1 Å². The largest absolute Gasteiger partial charge is 0.633 e. The SMILES string of the molecule is CCC[N+](C)([O-])C/C=C/C(=O)Nc1cccc(-n2c(=O)n(-c3ccc(Oc4ccccc4)cc3)c3c(N)ncnc32)c1. The lowest BCUT2D eigenvalue weighted by molar-refractivity contribution is -0.854. The van der Waals surface area contributed by atoms with E-state index in [1.165, 1.54) is 21.5 Å². The quantitative estimate of drug-likeness (QED) is 0.141. The van der Waals surface area contributed by atoms with Crippen LogP contribution < -0.4 is 21.5 Å². The van der Waals surface area contributed by atoms with Gasteiger partial charge < -0.3 is 25.6 Å². The highest BCUT2D eigenvalue weighted by Crippen LogP contribution is 2.26. The third-order valence-corrected chi connectivity index (χ3v) is 6.55. The first kappa shape index (κ1) is 28.3. The van der Waals surface area contributed by atoms with Gasteiger partial charge in [0.2, 0.25) is 5.91 Å². The predicted molar refractivity (Wildman–Crippen MR) is 163 cm³/mol. The van der Waals surface area contributed by atoms with Crippen molar-refractivity contribution in [3.8, 4) is 22.9 Å². The summed E-state index contributed by atoms with van der Waals surface area (Å²) >= 11 is 0. The second kappa shape index (κ2) is 12.1. The van der Waals surface area contributed by atoms with Gasteiger partial charge >= 0.3 is 5.69 Å². The number of nitrogen functional groups attached to an aromatic ring is 1. The van der Waals surface area contributed by atoms with Gasteiger partial charge in [-0.15, -0.1) is 0 Å². The van der Waals surface area contributed by atoms with Crippen LogP contribution in [-0.2, 0) is 4.79 Å².